The van der Waals surface area contributed by atoms with Gasteiger partial charge in [0.15, 0.2) is 0 Å². The zero-order valence-electron chi connectivity index (χ0n) is 11.0. The summed E-state index contributed by atoms with van der Waals surface area (Å²) in [6.07, 6.45) is 3.60. The van der Waals surface area contributed by atoms with Gasteiger partial charge in [-0.2, -0.15) is 0 Å². The number of anilines is 1. The van der Waals surface area contributed by atoms with Gasteiger partial charge in [0.1, 0.15) is 0 Å². The van der Waals surface area contributed by atoms with Gasteiger partial charge in [-0.25, -0.2) is 0 Å². The van der Waals surface area contributed by atoms with Crippen LogP contribution in [0.2, 0.25) is 0 Å². The molecule has 1 saturated heterocycles. The molecule has 2 nitrogen and oxygen atoms in total. The molecule has 1 aliphatic heterocycles. The van der Waals surface area contributed by atoms with Gasteiger partial charge >= 0.3 is 0 Å². The predicted molar refractivity (Wildman–Crippen MR) is 74.3 cm³/mol. The molecule has 1 atom stereocenters. The van der Waals surface area contributed by atoms with Crippen LogP contribution in [0.4, 0.5) is 5.69 Å². The van der Waals surface area contributed by atoms with Gasteiger partial charge in [-0.1, -0.05) is 32.0 Å². The van der Waals surface area contributed by atoms with Crippen LogP contribution >= 0.6 is 0 Å². The summed E-state index contributed by atoms with van der Waals surface area (Å²) in [5, 5.41) is 0. The third-order valence-electron chi connectivity index (χ3n) is 3.90. The fraction of sp³-hybridized carbons (Fsp3) is 0.600. The highest BCUT2D eigenvalue weighted by molar-refractivity contribution is 5.55. The highest BCUT2D eigenvalue weighted by atomic mass is 15.1. The number of hydrogen-bond donors (Lipinski definition) is 1. The van der Waals surface area contributed by atoms with Crippen LogP contribution in [0.25, 0.3) is 0 Å². The van der Waals surface area contributed by atoms with E-state index < -0.39 is 0 Å². The Balaban J connectivity index is 2.19. The van der Waals surface area contributed by atoms with Crippen molar-refractivity contribution < 1.29 is 0 Å². The number of benzene rings is 1. The number of nitrogens with zero attached hydrogens (tertiary/aromatic N) is 1. The molecule has 17 heavy (non-hydrogen) atoms. The topological polar surface area (TPSA) is 29.3 Å². The number of nitrogens with two attached hydrogens (primary N) is 1. The molecule has 1 heterocycles. The van der Waals surface area contributed by atoms with Crippen molar-refractivity contribution >= 4 is 5.69 Å². The molecular weight excluding hydrogens is 208 g/mol. The quantitative estimate of drug-likeness (QED) is 0.866. The minimum Gasteiger partial charge on any atom is -0.371 e. The molecule has 0 aliphatic carbocycles. The van der Waals surface area contributed by atoms with Gasteiger partial charge in [0.2, 0.25) is 0 Å². The van der Waals surface area contributed by atoms with E-state index in [1.807, 2.05) is 0 Å². The number of hydrogen-bond acceptors (Lipinski definition) is 2. The Labute approximate surface area is 105 Å². The smallest absolute Gasteiger partial charge is 0.0414 e. The van der Waals surface area contributed by atoms with Gasteiger partial charge < -0.3 is 10.6 Å². The second kappa shape index (κ2) is 5.54. The van der Waals surface area contributed by atoms with Crippen molar-refractivity contribution in [3.8, 4) is 0 Å². The van der Waals surface area contributed by atoms with E-state index in [1.54, 1.807) is 0 Å². The monoisotopic (exact) mass is 232 g/mol. The molecule has 94 valence electrons. The summed E-state index contributed by atoms with van der Waals surface area (Å²) in [6, 6.07) is 8.80. The van der Waals surface area contributed by atoms with E-state index >= 15 is 0 Å². The molecule has 1 aromatic rings. The minimum atomic E-state index is 0.172. The molecule has 0 amide bonds. The lowest BCUT2D eigenvalue weighted by atomic mass is 9.96. The number of rotatable bonds is 3. The third kappa shape index (κ3) is 2.81. The molecule has 1 fully saturated rings. The molecule has 1 aromatic carbocycles. The zero-order valence-corrected chi connectivity index (χ0v) is 11.0. The lowest BCUT2D eigenvalue weighted by molar-refractivity contribution is 0.437. The van der Waals surface area contributed by atoms with E-state index in [0.717, 1.165) is 12.3 Å². The summed E-state index contributed by atoms with van der Waals surface area (Å²) in [5.41, 5.74) is 8.87. The summed E-state index contributed by atoms with van der Waals surface area (Å²) in [6.45, 7) is 6.85. The van der Waals surface area contributed by atoms with Crippen LogP contribution in [-0.4, -0.2) is 13.1 Å². The molecule has 0 bridgehead atoms. The first kappa shape index (κ1) is 12.4. The lowest BCUT2D eigenvalue weighted by Gasteiger charge is -2.34. The van der Waals surface area contributed by atoms with Gasteiger partial charge in [-0.05, 0) is 36.8 Å². The normalized spacial score (nSPS) is 19.4. The van der Waals surface area contributed by atoms with Crippen LogP contribution < -0.4 is 10.6 Å². The van der Waals surface area contributed by atoms with Crippen molar-refractivity contribution in [2.45, 2.75) is 39.2 Å². The van der Waals surface area contributed by atoms with E-state index in [0.29, 0.717) is 0 Å². The maximum absolute atomic E-state index is 6.20. The number of para-hydroxylation sites is 1. The standard InChI is InChI=1S/C15H24N2/c1-3-14(16)13-6-4-5-7-15(13)17-10-8-12(2)9-11-17/h4-7,12,14H,3,8-11,16H2,1-2H3/t14-/m1/s1. The second-order valence-corrected chi connectivity index (χ2v) is 5.24. The lowest BCUT2D eigenvalue weighted by Crippen LogP contribution is -2.34. The summed E-state index contributed by atoms with van der Waals surface area (Å²) in [5.74, 6) is 0.873. The Morgan fingerprint density at radius 3 is 2.59 bits per heavy atom. The van der Waals surface area contributed by atoms with Crippen LogP contribution in [0.3, 0.4) is 0 Å². The molecule has 2 N–H and O–H groups in total. The first-order valence-electron chi connectivity index (χ1n) is 6.81. The van der Waals surface area contributed by atoms with Crippen molar-refractivity contribution in [2.75, 3.05) is 18.0 Å². The Bertz CT molecular complexity index is 354. The Hall–Kier alpha value is -1.02. The summed E-state index contributed by atoms with van der Waals surface area (Å²) >= 11 is 0. The van der Waals surface area contributed by atoms with Gasteiger partial charge in [0.25, 0.3) is 0 Å². The first-order valence-corrected chi connectivity index (χ1v) is 6.81. The fourth-order valence-electron chi connectivity index (χ4n) is 2.56. The molecular formula is C15H24N2. The fourth-order valence-corrected chi connectivity index (χ4v) is 2.56. The second-order valence-electron chi connectivity index (χ2n) is 5.24. The highest BCUT2D eigenvalue weighted by Crippen LogP contribution is 2.29. The molecule has 2 heteroatoms. The van der Waals surface area contributed by atoms with Gasteiger partial charge in [0, 0.05) is 24.8 Å². The zero-order chi connectivity index (χ0) is 12.3. The minimum absolute atomic E-state index is 0.172. The van der Waals surface area contributed by atoms with E-state index in [9.17, 15) is 0 Å². The van der Waals surface area contributed by atoms with Gasteiger partial charge in [0.05, 0.1) is 0 Å². The van der Waals surface area contributed by atoms with Crippen LogP contribution in [-0.2, 0) is 0 Å². The molecule has 1 aliphatic rings. The summed E-state index contributed by atoms with van der Waals surface area (Å²) in [7, 11) is 0. The van der Waals surface area contributed by atoms with Crippen molar-refractivity contribution in [3.05, 3.63) is 29.8 Å². The molecule has 0 radical (unpaired) electrons. The number of piperidine rings is 1. The van der Waals surface area contributed by atoms with Crippen LogP contribution in [0, 0.1) is 5.92 Å². The predicted octanol–water partition coefficient (Wildman–Crippen LogP) is 3.33. The Morgan fingerprint density at radius 1 is 1.29 bits per heavy atom. The molecule has 0 unspecified atom stereocenters. The summed E-state index contributed by atoms with van der Waals surface area (Å²) in [4.78, 5) is 2.50. The average molecular weight is 232 g/mol. The molecule has 0 spiro atoms. The molecule has 0 saturated carbocycles. The highest BCUT2D eigenvalue weighted by Gasteiger charge is 2.19. The largest absolute Gasteiger partial charge is 0.371 e. The van der Waals surface area contributed by atoms with E-state index in [1.165, 1.54) is 37.2 Å². The molecule has 2 rings (SSSR count). The third-order valence-corrected chi connectivity index (χ3v) is 3.90. The van der Waals surface area contributed by atoms with Crippen LogP contribution in [0.1, 0.15) is 44.7 Å². The average Bonchev–Trinajstić information content (AvgIpc) is 2.39. The van der Waals surface area contributed by atoms with Crippen LogP contribution in [0.15, 0.2) is 24.3 Å². The Morgan fingerprint density at radius 2 is 1.94 bits per heavy atom. The molecule has 0 aromatic heterocycles. The van der Waals surface area contributed by atoms with Crippen molar-refractivity contribution in [1.82, 2.24) is 0 Å². The van der Waals surface area contributed by atoms with Crippen molar-refractivity contribution in [1.29, 1.82) is 0 Å². The first-order chi connectivity index (χ1) is 8.22. The van der Waals surface area contributed by atoms with Crippen LogP contribution in [0.5, 0.6) is 0 Å². The van der Waals surface area contributed by atoms with Crippen molar-refractivity contribution in [2.24, 2.45) is 11.7 Å². The van der Waals surface area contributed by atoms with Gasteiger partial charge in [-0.3, -0.25) is 0 Å². The van der Waals surface area contributed by atoms with E-state index in [2.05, 4.69) is 43.0 Å². The van der Waals surface area contributed by atoms with Crippen molar-refractivity contribution in [3.63, 3.8) is 0 Å². The summed E-state index contributed by atoms with van der Waals surface area (Å²) < 4.78 is 0. The van der Waals surface area contributed by atoms with E-state index in [-0.39, 0.29) is 6.04 Å². The maximum atomic E-state index is 6.20. The SMILES string of the molecule is CC[C@@H](N)c1ccccc1N1CCC(C)CC1. The Kier molecular flexibility index (Phi) is 4.06. The maximum Gasteiger partial charge on any atom is 0.0414 e. The van der Waals surface area contributed by atoms with E-state index in [4.69, 9.17) is 5.73 Å². The van der Waals surface area contributed by atoms with Gasteiger partial charge in [-0.15, -0.1) is 0 Å².